The van der Waals surface area contributed by atoms with Crippen LogP contribution in [0.25, 0.3) is 0 Å². The van der Waals surface area contributed by atoms with Crippen molar-refractivity contribution in [3.63, 3.8) is 0 Å². The van der Waals surface area contributed by atoms with Crippen LogP contribution in [0.15, 0.2) is 5.16 Å². The molecule has 0 bridgehead atoms. The predicted octanol–water partition coefficient (Wildman–Crippen LogP) is 0.755. The average Bonchev–Trinajstić information content (AvgIpc) is 2.53. The second-order valence-electron chi connectivity index (χ2n) is 2.60. The number of hydrogen-bond donors (Lipinski definition) is 0. The maximum Gasteiger partial charge on any atom is 0.148 e. The van der Waals surface area contributed by atoms with Crippen LogP contribution in [-0.4, -0.2) is 31.3 Å². The number of oxime groups is 1. The molecule has 1 aliphatic rings. The van der Waals surface area contributed by atoms with Crippen LogP contribution >= 0.6 is 0 Å². The molecule has 0 N–H and O–H groups in total. The van der Waals surface area contributed by atoms with Gasteiger partial charge in [0.05, 0.1) is 12.3 Å². The van der Waals surface area contributed by atoms with Crippen molar-refractivity contribution < 1.29 is 14.4 Å². The Morgan fingerprint density at radius 1 is 1.58 bits per heavy atom. The molecular formula is C8H13NO3. The Hall–Kier alpha value is -0.900. The van der Waals surface area contributed by atoms with Crippen LogP contribution in [0, 0.1) is 0 Å². The second kappa shape index (κ2) is 4.87. The van der Waals surface area contributed by atoms with Crippen molar-refractivity contribution in [3.05, 3.63) is 0 Å². The molecule has 0 radical (unpaired) electrons. The summed E-state index contributed by atoms with van der Waals surface area (Å²) in [6, 6.07) is 0. The predicted molar refractivity (Wildman–Crippen MR) is 44.1 cm³/mol. The molecule has 1 saturated heterocycles. The van der Waals surface area contributed by atoms with Crippen LogP contribution in [0.2, 0.25) is 0 Å². The number of carbonyl (C=O) groups is 1. The molecule has 0 aromatic rings. The summed E-state index contributed by atoms with van der Waals surface area (Å²) in [7, 11) is 0. The van der Waals surface area contributed by atoms with E-state index < -0.39 is 0 Å². The van der Waals surface area contributed by atoms with Crippen LogP contribution in [0.3, 0.4) is 0 Å². The molecule has 0 unspecified atom stereocenters. The Labute approximate surface area is 71.5 Å². The number of nitrogens with zero attached hydrogens (tertiary/aromatic N) is 1. The molecule has 68 valence electrons. The fourth-order valence-electron chi connectivity index (χ4n) is 1.08. The Morgan fingerprint density at radius 3 is 2.92 bits per heavy atom. The average molecular weight is 171 g/mol. The number of aldehydes is 1. The lowest BCUT2D eigenvalue weighted by Crippen LogP contribution is -2.12. The molecule has 1 rings (SSSR count). The first-order valence-electron chi connectivity index (χ1n) is 4.13. The lowest BCUT2D eigenvalue weighted by atomic mass is 10.2. The zero-order valence-corrected chi connectivity index (χ0v) is 7.10. The van der Waals surface area contributed by atoms with Gasteiger partial charge in [-0.25, -0.2) is 0 Å². The van der Waals surface area contributed by atoms with Crippen molar-refractivity contribution in [2.45, 2.75) is 32.0 Å². The van der Waals surface area contributed by atoms with Gasteiger partial charge in [0, 0.05) is 0 Å². The highest BCUT2D eigenvalue weighted by Crippen LogP contribution is 2.16. The van der Waals surface area contributed by atoms with Gasteiger partial charge in [0.1, 0.15) is 19.0 Å². The van der Waals surface area contributed by atoms with Gasteiger partial charge < -0.3 is 14.4 Å². The summed E-state index contributed by atoms with van der Waals surface area (Å²) < 4.78 is 5.26. The normalized spacial score (nSPS) is 29.4. The monoisotopic (exact) mass is 171 g/mol. The fraction of sp³-hybridized carbons (Fsp3) is 0.750. The number of rotatable bonds is 4. The SMILES string of the molecule is CCON=C[C@H]1CC[C@@H](C=O)O1. The zero-order valence-electron chi connectivity index (χ0n) is 7.10. The van der Waals surface area contributed by atoms with Crippen LogP contribution in [0.4, 0.5) is 0 Å². The number of ether oxygens (including phenoxy) is 1. The molecule has 0 saturated carbocycles. The molecular weight excluding hydrogens is 158 g/mol. The highest BCUT2D eigenvalue weighted by molar-refractivity contribution is 5.65. The van der Waals surface area contributed by atoms with Crippen molar-refractivity contribution in [2.75, 3.05) is 6.61 Å². The highest BCUT2D eigenvalue weighted by Gasteiger charge is 2.23. The Bertz CT molecular complexity index is 170. The van der Waals surface area contributed by atoms with E-state index in [0.29, 0.717) is 6.61 Å². The van der Waals surface area contributed by atoms with E-state index in [1.165, 1.54) is 0 Å². The molecule has 0 spiro atoms. The number of carbonyl (C=O) groups excluding carboxylic acids is 1. The molecule has 12 heavy (non-hydrogen) atoms. The van der Waals surface area contributed by atoms with Gasteiger partial charge in [-0.3, -0.25) is 0 Å². The summed E-state index contributed by atoms with van der Waals surface area (Å²) in [5.74, 6) is 0. The molecule has 0 aromatic carbocycles. The molecule has 4 heteroatoms. The lowest BCUT2D eigenvalue weighted by Gasteiger charge is -2.02. The summed E-state index contributed by atoms with van der Waals surface area (Å²) in [6.45, 7) is 2.42. The first-order chi connectivity index (χ1) is 5.86. The Balaban J connectivity index is 2.22. The Kier molecular flexibility index (Phi) is 3.73. The van der Waals surface area contributed by atoms with E-state index in [1.807, 2.05) is 6.92 Å². The highest BCUT2D eigenvalue weighted by atomic mass is 16.6. The van der Waals surface area contributed by atoms with E-state index in [-0.39, 0.29) is 12.2 Å². The maximum atomic E-state index is 10.3. The third-order valence-corrected chi connectivity index (χ3v) is 1.67. The smallest absolute Gasteiger partial charge is 0.148 e. The van der Waals surface area contributed by atoms with E-state index in [2.05, 4.69) is 5.16 Å². The van der Waals surface area contributed by atoms with Crippen LogP contribution in [0.1, 0.15) is 19.8 Å². The van der Waals surface area contributed by atoms with Crippen LogP contribution < -0.4 is 0 Å². The minimum atomic E-state index is -0.247. The molecule has 0 aromatic heterocycles. The zero-order chi connectivity index (χ0) is 8.81. The largest absolute Gasteiger partial charge is 0.396 e. The van der Waals surface area contributed by atoms with Gasteiger partial charge in [0.2, 0.25) is 0 Å². The molecule has 2 atom stereocenters. The first kappa shape index (κ1) is 9.19. The van der Waals surface area contributed by atoms with Crippen molar-refractivity contribution in [2.24, 2.45) is 5.16 Å². The minimum absolute atomic E-state index is 0.0493. The van der Waals surface area contributed by atoms with Crippen molar-refractivity contribution in [1.82, 2.24) is 0 Å². The molecule has 1 heterocycles. The van der Waals surface area contributed by atoms with Gasteiger partial charge in [-0.1, -0.05) is 5.16 Å². The molecule has 4 nitrogen and oxygen atoms in total. The minimum Gasteiger partial charge on any atom is -0.396 e. The second-order valence-corrected chi connectivity index (χ2v) is 2.60. The van der Waals surface area contributed by atoms with E-state index in [4.69, 9.17) is 9.57 Å². The topological polar surface area (TPSA) is 47.9 Å². The Morgan fingerprint density at radius 2 is 2.33 bits per heavy atom. The maximum absolute atomic E-state index is 10.3. The van der Waals surface area contributed by atoms with Crippen molar-refractivity contribution in [1.29, 1.82) is 0 Å². The summed E-state index contributed by atoms with van der Waals surface area (Å²) in [5, 5.41) is 3.67. The van der Waals surface area contributed by atoms with E-state index in [1.54, 1.807) is 6.21 Å². The number of hydrogen-bond acceptors (Lipinski definition) is 4. The lowest BCUT2D eigenvalue weighted by molar-refractivity contribution is -0.116. The van der Waals surface area contributed by atoms with Gasteiger partial charge in [-0.2, -0.15) is 0 Å². The summed E-state index contributed by atoms with van der Waals surface area (Å²) in [6.07, 6.45) is 3.77. The summed E-state index contributed by atoms with van der Waals surface area (Å²) in [4.78, 5) is 15.0. The van der Waals surface area contributed by atoms with E-state index >= 15 is 0 Å². The molecule has 0 amide bonds. The van der Waals surface area contributed by atoms with Gasteiger partial charge in [0.15, 0.2) is 0 Å². The molecule has 1 aliphatic heterocycles. The fourth-order valence-corrected chi connectivity index (χ4v) is 1.08. The summed E-state index contributed by atoms with van der Waals surface area (Å²) in [5.41, 5.74) is 0. The molecule has 1 fully saturated rings. The third kappa shape index (κ3) is 2.62. The van der Waals surface area contributed by atoms with Gasteiger partial charge in [0.25, 0.3) is 0 Å². The van der Waals surface area contributed by atoms with Gasteiger partial charge in [-0.15, -0.1) is 0 Å². The quantitative estimate of drug-likeness (QED) is 0.356. The van der Waals surface area contributed by atoms with Gasteiger partial charge >= 0.3 is 0 Å². The van der Waals surface area contributed by atoms with Crippen molar-refractivity contribution >= 4 is 12.5 Å². The third-order valence-electron chi connectivity index (χ3n) is 1.67. The van der Waals surface area contributed by atoms with Crippen LogP contribution in [0.5, 0.6) is 0 Å². The summed E-state index contributed by atoms with van der Waals surface area (Å²) >= 11 is 0. The van der Waals surface area contributed by atoms with Crippen LogP contribution in [-0.2, 0) is 14.4 Å². The van der Waals surface area contributed by atoms with Gasteiger partial charge in [-0.05, 0) is 19.8 Å². The van der Waals surface area contributed by atoms with E-state index in [9.17, 15) is 4.79 Å². The van der Waals surface area contributed by atoms with E-state index in [0.717, 1.165) is 19.1 Å². The molecule has 0 aliphatic carbocycles. The standard InChI is InChI=1S/C8H13NO3/c1-2-11-9-5-7-3-4-8(6-10)12-7/h5-8H,2-4H2,1H3/t7-,8+/m1/s1. The first-order valence-corrected chi connectivity index (χ1v) is 4.13. The van der Waals surface area contributed by atoms with Crippen molar-refractivity contribution in [3.8, 4) is 0 Å².